The van der Waals surface area contributed by atoms with Gasteiger partial charge in [-0.25, -0.2) is 0 Å². The van der Waals surface area contributed by atoms with E-state index in [4.69, 9.17) is 0 Å². The molecule has 1 N–H and O–H groups in total. The van der Waals surface area contributed by atoms with Crippen molar-refractivity contribution in [2.75, 3.05) is 5.32 Å². The zero-order chi connectivity index (χ0) is 13.2. The van der Waals surface area contributed by atoms with Crippen molar-refractivity contribution in [3.63, 3.8) is 0 Å². The van der Waals surface area contributed by atoms with Crippen LogP contribution in [0.1, 0.15) is 11.3 Å². The average Bonchev–Trinajstić information content (AvgIpc) is 2.74. The molecule has 1 heterocycles. The molecule has 0 aliphatic rings. The molecule has 0 bridgehead atoms. The lowest BCUT2D eigenvalue weighted by atomic mass is 10.1. The van der Waals surface area contributed by atoms with E-state index in [2.05, 4.69) is 59.1 Å². The molecule has 3 rings (SSSR count). The zero-order valence-corrected chi connectivity index (χ0v) is 11.2. The van der Waals surface area contributed by atoms with Crippen LogP contribution in [0.3, 0.4) is 0 Å². The van der Waals surface area contributed by atoms with Crippen LogP contribution in [0.25, 0.3) is 10.8 Å². The second kappa shape index (κ2) is 4.76. The highest BCUT2D eigenvalue weighted by Crippen LogP contribution is 2.19. The summed E-state index contributed by atoms with van der Waals surface area (Å²) in [5.41, 5.74) is 3.45. The lowest BCUT2D eigenvalue weighted by Crippen LogP contribution is -1.99. The third-order valence-electron chi connectivity index (χ3n) is 3.35. The van der Waals surface area contributed by atoms with Crippen molar-refractivity contribution in [3.8, 4) is 0 Å². The van der Waals surface area contributed by atoms with Crippen molar-refractivity contribution in [3.05, 3.63) is 59.9 Å². The molecule has 3 heteroatoms. The summed E-state index contributed by atoms with van der Waals surface area (Å²) in [6.45, 7) is 2.84. The number of rotatable bonds is 3. The van der Waals surface area contributed by atoms with Gasteiger partial charge in [0.05, 0.1) is 5.69 Å². The van der Waals surface area contributed by atoms with Crippen molar-refractivity contribution in [2.45, 2.75) is 13.5 Å². The van der Waals surface area contributed by atoms with Gasteiger partial charge in [0.25, 0.3) is 0 Å². The summed E-state index contributed by atoms with van der Waals surface area (Å²) in [6, 6.07) is 14.8. The number of benzene rings is 2. The second-order valence-corrected chi connectivity index (χ2v) is 4.83. The minimum Gasteiger partial charge on any atom is -0.381 e. The minimum absolute atomic E-state index is 0.804. The SMILES string of the molecule is Cc1nn(C)cc1CNc1ccc2ccccc2c1. The topological polar surface area (TPSA) is 29.9 Å². The monoisotopic (exact) mass is 251 g/mol. The van der Waals surface area contributed by atoms with Crippen molar-refractivity contribution >= 4 is 16.5 Å². The first-order chi connectivity index (χ1) is 9.22. The van der Waals surface area contributed by atoms with Crippen LogP contribution in [0.5, 0.6) is 0 Å². The molecule has 0 atom stereocenters. The molecule has 0 aliphatic carbocycles. The fourth-order valence-electron chi connectivity index (χ4n) is 2.32. The highest BCUT2D eigenvalue weighted by molar-refractivity contribution is 5.85. The van der Waals surface area contributed by atoms with Crippen LogP contribution in [0.2, 0.25) is 0 Å². The number of hydrogen-bond donors (Lipinski definition) is 1. The quantitative estimate of drug-likeness (QED) is 0.772. The number of aromatic nitrogens is 2. The van der Waals surface area contributed by atoms with Gasteiger partial charge in [-0.3, -0.25) is 4.68 Å². The normalized spacial score (nSPS) is 10.8. The summed E-state index contributed by atoms with van der Waals surface area (Å²) in [5.74, 6) is 0. The van der Waals surface area contributed by atoms with Gasteiger partial charge in [0.1, 0.15) is 0 Å². The molecule has 0 saturated carbocycles. The standard InChI is InChI=1S/C16H17N3/c1-12-15(11-19(2)18-12)10-17-16-8-7-13-5-3-4-6-14(13)9-16/h3-9,11,17H,10H2,1-2H3. The smallest absolute Gasteiger partial charge is 0.0643 e. The van der Waals surface area contributed by atoms with E-state index in [0.29, 0.717) is 0 Å². The molecule has 2 aromatic carbocycles. The summed E-state index contributed by atoms with van der Waals surface area (Å²) >= 11 is 0. The van der Waals surface area contributed by atoms with E-state index in [1.54, 1.807) is 0 Å². The summed E-state index contributed by atoms with van der Waals surface area (Å²) in [7, 11) is 1.95. The molecule has 0 aliphatic heterocycles. The molecule has 0 unspecified atom stereocenters. The molecule has 1 aromatic heterocycles. The number of hydrogen-bond acceptors (Lipinski definition) is 2. The van der Waals surface area contributed by atoms with Crippen LogP contribution in [0, 0.1) is 6.92 Å². The average molecular weight is 251 g/mol. The number of nitrogens with zero attached hydrogens (tertiary/aromatic N) is 2. The summed E-state index contributed by atoms with van der Waals surface area (Å²) in [5, 5.41) is 10.3. The molecular formula is C16H17N3. The van der Waals surface area contributed by atoms with Gasteiger partial charge < -0.3 is 5.32 Å². The van der Waals surface area contributed by atoms with E-state index in [0.717, 1.165) is 17.9 Å². The molecule has 0 saturated heterocycles. The van der Waals surface area contributed by atoms with E-state index >= 15 is 0 Å². The highest BCUT2D eigenvalue weighted by Gasteiger charge is 2.02. The van der Waals surface area contributed by atoms with Crippen LogP contribution < -0.4 is 5.32 Å². The van der Waals surface area contributed by atoms with E-state index < -0.39 is 0 Å². The lowest BCUT2D eigenvalue weighted by molar-refractivity contribution is 0.756. The third kappa shape index (κ3) is 2.45. The Kier molecular flexibility index (Phi) is 2.95. The maximum absolute atomic E-state index is 4.35. The second-order valence-electron chi connectivity index (χ2n) is 4.83. The molecular weight excluding hydrogens is 234 g/mol. The Bertz CT molecular complexity index is 713. The van der Waals surface area contributed by atoms with E-state index in [1.807, 2.05) is 18.7 Å². The summed E-state index contributed by atoms with van der Waals surface area (Å²) in [6.07, 6.45) is 2.06. The predicted molar refractivity (Wildman–Crippen MR) is 79.2 cm³/mol. The first kappa shape index (κ1) is 11.8. The fraction of sp³-hybridized carbons (Fsp3) is 0.188. The van der Waals surface area contributed by atoms with Gasteiger partial charge >= 0.3 is 0 Å². The van der Waals surface area contributed by atoms with Crippen molar-refractivity contribution in [1.29, 1.82) is 0 Å². The van der Waals surface area contributed by atoms with Crippen LogP contribution in [0.15, 0.2) is 48.7 Å². The number of nitrogens with one attached hydrogen (secondary N) is 1. The molecule has 0 radical (unpaired) electrons. The van der Waals surface area contributed by atoms with Crippen molar-refractivity contribution in [1.82, 2.24) is 9.78 Å². The van der Waals surface area contributed by atoms with Gasteiger partial charge in [-0.15, -0.1) is 0 Å². The van der Waals surface area contributed by atoms with E-state index in [1.165, 1.54) is 16.3 Å². The van der Waals surface area contributed by atoms with Gasteiger partial charge in [0.2, 0.25) is 0 Å². The zero-order valence-electron chi connectivity index (χ0n) is 11.2. The molecule has 0 fully saturated rings. The molecule has 3 aromatic rings. The molecule has 96 valence electrons. The molecule has 19 heavy (non-hydrogen) atoms. The summed E-state index contributed by atoms with van der Waals surface area (Å²) < 4.78 is 1.85. The third-order valence-corrected chi connectivity index (χ3v) is 3.35. The van der Waals surface area contributed by atoms with Crippen LogP contribution in [-0.2, 0) is 13.6 Å². The van der Waals surface area contributed by atoms with Crippen molar-refractivity contribution < 1.29 is 0 Å². The minimum atomic E-state index is 0.804. The number of aryl methyl sites for hydroxylation is 2. The van der Waals surface area contributed by atoms with Crippen molar-refractivity contribution in [2.24, 2.45) is 7.05 Å². The number of anilines is 1. The van der Waals surface area contributed by atoms with Crippen LogP contribution in [0.4, 0.5) is 5.69 Å². The van der Waals surface area contributed by atoms with Gasteiger partial charge in [-0.05, 0) is 29.8 Å². The van der Waals surface area contributed by atoms with Gasteiger partial charge in [-0.2, -0.15) is 5.10 Å². The Morgan fingerprint density at radius 3 is 2.63 bits per heavy atom. The van der Waals surface area contributed by atoms with Crippen LogP contribution >= 0.6 is 0 Å². The van der Waals surface area contributed by atoms with E-state index in [9.17, 15) is 0 Å². The highest BCUT2D eigenvalue weighted by atomic mass is 15.2. The molecule has 0 spiro atoms. The Morgan fingerprint density at radius 1 is 1.11 bits per heavy atom. The Morgan fingerprint density at radius 2 is 1.89 bits per heavy atom. The first-order valence-electron chi connectivity index (χ1n) is 6.44. The van der Waals surface area contributed by atoms with Gasteiger partial charge in [0.15, 0.2) is 0 Å². The van der Waals surface area contributed by atoms with E-state index in [-0.39, 0.29) is 0 Å². The largest absolute Gasteiger partial charge is 0.381 e. The Balaban J connectivity index is 1.80. The molecule has 0 amide bonds. The van der Waals surface area contributed by atoms with Gasteiger partial charge in [-0.1, -0.05) is 30.3 Å². The fourth-order valence-corrected chi connectivity index (χ4v) is 2.32. The maximum Gasteiger partial charge on any atom is 0.0643 e. The van der Waals surface area contributed by atoms with Crippen LogP contribution in [-0.4, -0.2) is 9.78 Å². The lowest BCUT2D eigenvalue weighted by Gasteiger charge is -2.07. The Hall–Kier alpha value is -2.29. The summed E-state index contributed by atoms with van der Waals surface area (Å²) in [4.78, 5) is 0. The Labute approximate surface area is 112 Å². The first-order valence-corrected chi connectivity index (χ1v) is 6.44. The maximum atomic E-state index is 4.35. The number of fused-ring (bicyclic) bond motifs is 1. The molecule has 3 nitrogen and oxygen atoms in total. The van der Waals surface area contributed by atoms with Gasteiger partial charge in [0, 0.05) is 31.0 Å². The predicted octanol–water partition coefficient (Wildman–Crippen LogP) is 3.49.